The normalized spacial score (nSPS) is 16.3. The molecule has 1 aliphatic rings. The van der Waals surface area contributed by atoms with Crippen LogP contribution in [-0.4, -0.2) is 26.5 Å². The van der Waals surface area contributed by atoms with Crippen LogP contribution in [0, 0.1) is 0 Å². The summed E-state index contributed by atoms with van der Waals surface area (Å²) in [6.07, 6.45) is 7.87. The van der Waals surface area contributed by atoms with Gasteiger partial charge in [-0.25, -0.2) is 4.98 Å². The summed E-state index contributed by atoms with van der Waals surface area (Å²) in [5.74, 6) is 0. The number of aliphatic imine (C=N–C) groups is 1. The zero-order valence-corrected chi connectivity index (χ0v) is 16.8. The monoisotopic (exact) mass is 382 g/mol. The van der Waals surface area contributed by atoms with Gasteiger partial charge in [0.15, 0.2) is 0 Å². The third-order valence-electron chi connectivity index (χ3n) is 5.25. The second-order valence-corrected chi connectivity index (χ2v) is 8.34. The van der Waals surface area contributed by atoms with E-state index >= 15 is 0 Å². The summed E-state index contributed by atoms with van der Waals surface area (Å²) in [7, 11) is 0. The first-order valence-corrected chi connectivity index (χ1v) is 10.7. The SMILES string of the molecule is CCCc1[nH]n(-c2nc3ccccc3s2)c(=O)c1C(C)=NC1CCCCC1. The minimum absolute atomic E-state index is 0.0328. The molecule has 0 spiro atoms. The molecule has 3 aromatic rings. The van der Waals surface area contributed by atoms with Gasteiger partial charge in [-0.05, 0) is 38.3 Å². The lowest BCUT2D eigenvalue weighted by molar-refractivity contribution is 0.443. The quantitative estimate of drug-likeness (QED) is 0.640. The molecule has 27 heavy (non-hydrogen) atoms. The highest BCUT2D eigenvalue weighted by atomic mass is 32.1. The van der Waals surface area contributed by atoms with E-state index in [1.54, 1.807) is 4.68 Å². The molecule has 1 aliphatic carbocycles. The van der Waals surface area contributed by atoms with E-state index in [4.69, 9.17) is 4.99 Å². The van der Waals surface area contributed by atoms with Crippen molar-refractivity contribution in [2.45, 2.75) is 64.8 Å². The highest BCUT2D eigenvalue weighted by Gasteiger charge is 2.21. The van der Waals surface area contributed by atoms with Crippen LogP contribution in [0.1, 0.15) is 63.6 Å². The molecule has 0 atom stereocenters. The van der Waals surface area contributed by atoms with E-state index in [9.17, 15) is 4.79 Å². The molecule has 142 valence electrons. The second kappa shape index (κ2) is 7.80. The molecule has 0 unspecified atom stereocenters. The number of nitrogens with zero attached hydrogens (tertiary/aromatic N) is 3. The molecule has 0 amide bonds. The number of thiazole rings is 1. The third kappa shape index (κ3) is 3.63. The van der Waals surface area contributed by atoms with E-state index in [0.717, 1.165) is 52.9 Å². The van der Waals surface area contributed by atoms with Crippen molar-refractivity contribution in [1.82, 2.24) is 14.8 Å². The van der Waals surface area contributed by atoms with Gasteiger partial charge in [0.25, 0.3) is 5.56 Å². The number of hydrogen-bond acceptors (Lipinski definition) is 4. The van der Waals surface area contributed by atoms with Crippen molar-refractivity contribution in [2.75, 3.05) is 0 Å². The van der Waals surface area contributed by atoms with Crippen LogP contribution in [0.2, 0.25) is 0 Å². The number of aryl methyl sites for hydroxylation is 1. The first-order chi connectivity index (χ1) is 13.2. The van der Waals surface area contributed by atoms with Crippen molar-refractivity contribution < 1.29 is 0 Å². The van der Waals surface area contributed by atoms with Crippen LogP contribution in [-0.2, 0) is 6.42 Å². The Morgan fingerprint density at radius 1 is 1.30 bits per heavy atom. The summed E-state index contributed by atoms with van der Waals surface area (Å²) < 4.78 is 2.69. The molecule has 4 rings (SSSR count). The molecule has 6 heteroatoms. The fraction of sp³-hybridized carbons (Fsp3) is 0.476. The fourth-order valence-corrected chi connectivity index (χ4v) is 4.85. The number of rotatable bonds is 5. The van der Waals surface area contributed by atoms with E-state index < -0.39 is 0 Å². The van der Waals surface area contributed by atoms with Gasteiger partial charge in [-0.3, -0.25) is 14.9 Å². The van der Waals surface area contributed by atoms with Gasteiger partial charge < -0.3 is 0 Å². The Hall–Kier alpha value is -2.21. The highest BCUT2D eigenvalue weighted by Crippen LogP contribution is 2.25. The van der Waals surface area contributed by atoms with E-state index in [1.807, 2.05) is 31.2 Å². The smallest absolute Gasteiger partial charge is 0.282 e. The standard InChI is InChI=1S/C21H26N4OS/c1-3-9-17-19(14(2)22-15-10-5-4-6-11-15)20(26)25(24-17)21-23-16-12-7-8-13-18(16)27-21/h7-8,12-13,15,24H,3-6,9-11H2,1-2H3. The van der Waals surface area contributed by atoms with Gasteiger partial charge in [-0.1, -0.05) is 56.1 Å². The molecular weight excluding hydrogens is 356 g/mol. The molecule has 1 saturated carbocycles. The van der Waals surface area contributed by atoms with Crippen molar-refractivity contribution >= 4 is 27.3 Å². The highest BCUT2D eigenvalue weighted by molar-refractivity contribution is 7.20. The Balaban J connectivity index is 1.77. The van der Waals surface area contributed by atoms with Crippen LogP contribution in [0.25, 0.3) is 15.3 Å². The topological polar surface area (TPSA) is 63.0 Å². The van der Waals surface area contributed by atoms with Gasteiger partial charge in [0, 0.05) is 11.4 Å². The molecule has 1 aromatic carbocycles. The number of nitrogens with one attached hydrogen (secondary N) is 1. The molecular formula is C21H26N4OS. The summed E-state index contributed by atoms with van der Waals surface area (Å²) in [5.41, 5.74) is 3.46. The first kappa shape index (κ1) is 18.2. The van der Waals surface area contributed by atoms with Crippen molar-refractivity contribution in [3.8, 4) is 5.13 Å². The van der Waals surface area contributed by atoms with Gasteiger partial charge in [0.05, 0.1) is 21.8 Å². The first-order valence-electron chi connectivity index (χ1n) is 9.92. The molecule has 1 N–H and O–H groups in total. The van der Waals surface area contributed by atoms with Crippen LogP contribution in [0.3, 0.4) is 0 Å². The number of H-pyrrole nitrogens is 1. The molecule has 5 nitrogen and oxygen atoms in total. The van der Waals surface area contributed by atoms with Crippen LogP contribution in [0.4, 0.5) is 0 Å². The van der Waals surface area contributed by atoms with Gasteiger partial charge in [0.2, 0.25) is 5.13 Å². The third-order valence-corrected chi connectivity index (χ3v) is 6.27. The molecule has 0 aliphatic heterocycles. The second-order valence-electron chi connectivity index (χ2n) is 7.33. The largest absolute Gasteiger partial charge is 0.292 e. The van der Waals surface area contributed by atoms with Crippen LogP contribution in [0.15, 0.2) is 34.1 Å². The average molecular weight is 383 g/mol. The number of fused-ring (bicyclic) bond motifs is 1. The lowest BCUT2D eigenvalue weighted by Gasteiger charge is -2.18. The predicted molar refractivity (Wildman–Crippen MR) is 113 cm³/mol. The van der Waals surface area contributed by atoms with E-state index in [0.29, 0.717) is 11.2 Å². The maximum atomic E-state index is 13.2. The van der Waals surface area contributed by atoms with Crippen LogP contribution in [0.5, 0.6) is 0 Å². The minimum Gasteiger partial charge on any atom is -0.292 e. The van der Waals surface area contributed by atoms with Gasteiger partial charge >= 0.3 is 0 Å². The Bertz CT molecular complexity index is 987. The van der Waals surface area contributed by atoms with Crippen molar-refractivity contribution in [3.05, 3.63) is 45.9 Å². The summed E-state index contributed by atoms with van der Waals surface area (Å²) in [4.78, 5) is 22.8. The van der Waals surface area contributed by atoms with Crippen molar-refractivity contribution in [1.29, 1.82) is 0 Å². The maximum absolute atomic E-state index is 13.2. The summed E-state index contributed by atoms with van der Waals surface area (Å²) in [5, 5.41) is 4.01. The maximum Gasteiger partial charge on any atom is 0.282 e. The van der Waals surface area contributed by atoms with E-state index in [-0.39, 0.29) is 5.56 Å². The predicted octanol–water partition coefficient (Wildman–Crippen LogP) is 4.87. The number of aromatic amines is 1. The summed E-state index contributed by atoms with van der Waals surface area (Å²) >= 11 is 1.53. The molecule has 0 bridgehead atoms. The summed E-state index contributed by atoms with van der Waals surface area (Å²) in [6.45, 7) is 4.12. The van der Waals surface area contributed by atoms with Gasteiger partial charge in [-0.2, -0.15) is 4.68 Å². The Kier molecular flexibility index (Phi) is 5.25. The Labute approximate surface area is 163 Å². The Morgan fingerprint density at radius 2 is 2.07 bits per heavy atom. The van der Waals surface area contributed by atoms with E-state index in [1.165, 1.54) is 30.6 Å². The zero-order valence-electron chi connectivity index (χ0n) is 16.0. The fourth-order valence-electron chi connectivity index (χ4n) is 3.93. The molecule has 0 radical (unpaired) electrons. The Morgan fingerprint density at radius 3 is 2.81 bits per heavy atom. The van der Waals surface area contributed by atoms with E-state index in [2.05, 4.69) is 17.0 Å². The van der Waals surface area contributed by atoms with Gasteiger partial charge in [0.1, 0.15) is 0 Å². The average Bonchev–Trinajstić information content (AvgIpc) is 3.23. The number of hydrogen-bond donors (Lipinski definition) is 1. The van der Waals surface area contributed by atoms with Crippen molar-refractivity contribution in [2.24, 2.45) is 4.99 Å². The van der Waals surface area contributed by atoms with Crippen LogP contribution >= 0.6 is 11.3 Å². The van der Waals surface area contributed by atoms with Gasteiger partial charge in [-0.15, -0.1) is 0 Å². The zero-order chi connectivity index (χ0) is 18.8. The van der Waals surface area contributed by atoms with Crippen LogP contribution < -0.4 is 5.56 Å². The lowest BCUT2D eigenvalue weighted by atomic mass is 9.95. The lowest BCUT2D eigenvalue weighted by Crippen LogP contribution is -2.21. The number of benzene rings is 1. The van der Waals surface area contributed by atoms with Crippen molar-refractivity contribution in [3.63, 3.8) is 0 Å². The number of para-hydroxylation sites is 1. The summed E-state index contributed by atoms with van der Waals surface area (Å²) in [6, 6.07) is 8.34. The molecule has 2 heterocycles. The molecule has 0 saturated heterocycles. The molecule has 2 aromatic heterocycles. The number of aromatic nitrogens is 3. The molecule has 1 fully saturated rings. The minimum atomic E-state index is -0.0328.